The lowest BCUT2D eigenvalue weighted by atomic mass is 10.2. The predicted octanol–water partition coefficient (Wildman–Crippen LogP) is 6.42. The molecule has 0 spiro atoms. The molecule has 0 bridgehead atoms. The zero-order valence-electron chi connectivity index (χ0n) is 22.1. The number of hydrogen-bond donors (Lipinski definition) is 1. The van der Waals surface area contributed by atoms with Gasteiger partial charge in [0.25, 0.3) is 5.91 Å². The Balaban J connectivity index is 1.23. The summed E-state index contributed by atoms with van der Waals surface area (Å²) in [5, 5.41) is 14.1. The van der Waals surface area contributed by atoms with Gasteiger partial charge in [0.2, 0.25) is 0 Å². The Hall–Kier alpha value is -4.60. The van der Waals surface area contributed by atoms with E-state index in [0.29, 0.717) is 34.1 Å². The molecule has 0 saturated carbocycles. The zero-order chi connectivity index (χ0) is 28.4. The Bertz CT molecular complexity index is 1630. The maximum atomic E-state index is 12.6. The summed E-state index contributed by atoms with van der Waals surface area (Å²) >= 11 is 7.34. The molecular weight excluding hydrogens is 558 g/mol. The van der Waals surface area contributed by atoms with E-state index >= 15 is 0 Å². The van der Waals surface area contributed by atoms with E-state index in [1.165, 1.54) is 11.8 Å². The lowest BCUT2D eigenvalue weighted by Gasteiger charge is -2.11. The molecule has 41 heavy (non-hydrogen) atoms. The van der Waals surface area contributed by atoms with E-state index in [1.807, 2.05) is 89.5 Å². The molecule has 0 saturated heterocycles. The van der Waals surface area contributed by atoms with Crippen molar-refractivity contribution in [2.45, 2.75) is 11.8 Å². The smallest absolute Gasteiger partial charge is 0.250 e. The predicted molar refractivity (Wildman–Crippen MR) is 162 cm³/mol. The minimum absolute atomic E-state index is 0.0942. The van der Waals surface area contributed by atoms with Gasteiger partial charge in [0.05, 0.1) is 19.1 Å². The number of aromatic nitrogens is 3. The van der Waals surface area contributed by atoms with Crippen LogP contribution in [0, 0.1) is 0 Å². The molecule has 1 amide bonds. The Morgan fingerprint density at radius 2 is 1.68 bits per heavy atom. The fourth-order valence-corrected chi connectivity index (χ4v) is 4.79. The average Bonchev–Trinajstić information content (AvgIpc) is 3.44. The monoisotopic (exact) mass is 583 g/mol. The number of hydrogen-bond acceptors (Lipinski definition) is 7. The maximum Gasteiger partial charge on any atom is 0.250 e. The van der Waals surface area contributed by atoms with Crippen molar-refractivity contribution in [1.82, 2.24) is 20.2 Å². The Labute approximate surface area is 247 Å². The lowest BCUT2D eigenvalue weighted by molar-refractivity contribution is -0.118. The topological polar surface area (TPSA) is 90.6 Å². The molecule has 0 fully saturated rings. The van der Waals surface area contributed by atoms with Gasteiger partial charge in [-0.15, -0.1) is 10.2 Å². The molecule has 0 aliphatic rings. The van der Waals surface area contributed by atoms with Crippen LogP contribution in [-0.4, -0.2) is 39.7 Å². The number of carbonyl (C=O) groups is 1. The van der Waals surface area contributed by atoms with Crippen LogP contribution in [0.5, 0.6) is 11.5 Å². The van der Waals surface area contributed by atoms with E-state index in [0.717, 1.165) is 22.4 Å². The van der Waals surface area contributed by atoms with Crippen LogP contribution < -0.4 is 14.9 Å². The third kappa shape index (κ3) is 7.33. The molecule has 8 nitrogen and oxygen atoms in total. The zero-order valence-corrected chi connectivity index (χ0v) is 23.7. The number of nitrogens with one attached hydrogen (secondary N) is 1. The van der Waals surface area contributed by atoms with Crippen LogP contribution in [0.1, 0.15) is 11.1 Å². The minimum Gasteiger partial charge on any atom is -0.493 e. The number of carbonyl (C=O) groups excluding carboxylic acids is 1. The van der Waals surface area contributed by atoms with Crippen LogP contribution in [0.4, 0.5) is 0 Å². The SMILES string of the molecule is COc1ccc(/C=N\NC(=O)CSc2nnc(-c3ccc(Cl)cc3)n2-c2ccccc2)cc1OCc1ccccc1. The number of thioether (sulfide) groups is 1. The van der Waals surface area contributed by atoms with E-state index in [1.54, 1.807) is 31.5 Å². The molecule has 0 aliphatic heterocycles. The molecule has 0 unspecified atom stereocenters. The second kappa shape index (κ2) is 13.6. The first kappa shape index (κ1) is 27.9. The standard InChI is InChI=1S/C31H26ClN5O3S/c1-39-27-17-12-23(18-28(27)40-20-22-8-4-2-5-9-22)19-33-34-29(38)21-41-31-36-35-30(24-13-15-25(32)16-14-24)37(31)26-10-6-3-7-11-26/h2-19H,20-21H2,1H3,(H,34,38)/b33-19-. The lowest BCUT2D eigenvalue weighted by Crippen LogP contribution is -2.20. The first-order chi connectivity index (χ1) is 20.1. The molecule has 1 heterocycles. The minimum atomic E-state index is -0.282. The highest BCUT2D eigenvalue weighted by molar-refractivity contribution is 7.99. The van der Waals surface area contributed by atoms with Gasteiger partial charge in [-0.2, -0.15) is 5.10 Å². The van der Waals surface area contributed by atoms with Crippen LogP contribution in [0.25, 0.3) is 17.1 Å². The van der Waals surface area contributed by atoms with Gasteiger partial charge in [0.1, 0.15) is 6.61 Å². The molecule has 1 aromatic heterocycles. The molecule has 10 heteroatoms. The van der Waals surface area contributed by atoms with E-state index < -0.39 is 0 Å². The molecule has 206 valence electrons. The highest BCUT2D eigenvalue weighted by Crippen LogP contribution is 2.29. The van der Waals surface area contributed by atoms with Crippen LogP contribution >= 0.6 is 23.4 Å². The number of nitrogens with zero attached hydrogens (tertiary/aromatic N) is 4. The summed E-state index contributed by atoms with van der Waals surface area (Å²) in [6.45, 7) is 0.402. The number of amides is 1. The quantitative estimate of drug-likeness (QED) is 0.110. The van der Waals surface area contributed by atoms with E-state index in [2.05, 4.69) is 20.7 Å². The largest absolute Gasteiger partial charge is 0.493 e. The summed E-state index contributed by atoms with van der Waals surface area (Å²) in [6, 6.07) is 32.4. The van der Waals surface area contributed by atoms with Crippen LogP contribution in [0.2, 0.25) is 5.02 Å². The van der Waals surface area contributed by atoms with Crippen LogP contribution in [-0.2, 0) is 11.4 Å². The van der Waals surface area contributed by atoms with Crippen LogP contribution in [0.15, 0.2) is 113 Å². The maximum absolute atomic E-state index is 12.6. The summed E-state index contributed by atoms with van der Waals surface area (Å²) < 4.78 is 13.3. The highest BCUT2D eigenvalue weighted by Gasteiger charge is 2.17. The van der Waals surface area contributed by atoms with Crippen molar-refractivity contribution in [3.8, 4) is 28.6 Å². The normalized spacial score (nSPS) is 11.0. The van der Waals surface area contributed by atoms with Gasteiger partial charge < -0.3 is 9.47 Å². The molecule has 5 rings (SSSR count). The van der Waals surface area contributed by atoms with Crippen molar-refractivity contribution in [3.63, 3.8) is 0 Å². The fraction of sp³-hybridized carbons (Fsp3) is 0.0968. The molecule has 4 aromatic carbocycles. The summed E-state index contributed by atoms with van der Waals surface area (Å²) in [4.78, 5) is 12.6. The Morgan fingerprint density at radius 3 is 2.41 bits per heavy atom. The van der Waals surface area contributed by atoms with Gasteiger partial charge >= 0.3 is 0 Å². The van der Waals surface area contributed by atoms with Crippen molar-refractivity contribution < 1.29 is 14.3 Å². The van der Waals surface area contributed by atoms with Crippen molar-refractivity contribution in [2.75, 3.05) is 12.9 Å². The van der Waals surface area contributed by atoms with Crippen molar-refractivity contribution in [1.29, 1.82) is 0 Å². The fourth-order valence-electron chi connectivity index (χ4n) is 3.92. The summed E-state index contributed by atoms with van der Waals surface area (Å²) in [6.07, 6.45) is 1.56. The number of hydrazone groups is 1. The molecular formula is C31H26ClN5O3S. The average molecular weight is 584 g/mol. The van der Waals surface area contributed by atoms with Gasteiger partial charge in [-0.1, -0.05) is 71.9 Å². The molecule has 0 atom stereocenters. The number of ether oxygens (including phenoxy) is 2. The number of rotatable bonds is 11. The number of para-hydroxylation sites is 1. The molecule has 0 radical (unpaired) electrons. The molecule has 0 aliphatic carbocycles. The van der Waals surface area contributed by atoms with Crippen molar-refractivity contribution in [2.24, 2.45) is 5.10 Å². The second-order valence-corrected chi connectivity index (χ2v) is 10.1. The van der Waals surface area contributed by atoms with E-state index in [4.69, 9.17) is 21.1 Å². The number of benzene rings is 4. The number of methoxy groups -OCH3 is 1. The van der Waals surface area contributed by atoms with Gasteiger partial charge in [-0.05, 0) is 65.7 Å². The highest BCUT2D eigenvalue weighted by atomic mass is 35.5. The van der Waals surface area contributed by atoms with Gasteiger partial charge in [0, 0.05) is 16.3 Å². The third-order valence-electron chi connectivity index (χ3n) is 5.91. The van der Waals surface area contributed by atoms with Gasteiger partial charge in [0.15, 0.2) is 22.5 Å². The van der Waals surface area contributed by atoms with Gasteiger partial charge in [-0.3, -0.25) is 9.36 Å². The number of halogens is 1. The summed E-state index contributed by atoms with van der Waals surface area (Å²) in [7, 11) is 1.59. The van der Waals surface area contributed by atoms with Crippen molar-refractivity contribution >= 4 is 35.5 Å². The Morgan fingerprint density at radius 1 is 0.951 bits per heavy atom. The molecule has 1 N–H and O–H groups in total. The Kier molecular flexibility index (Phi) is 9.30. The third-order valence-corrected chi connectivity index (χ3v) is 7.09. The van der Waals surface area contributed by atoms with E-state index in [9.17, 15) is 4.79 Å². The summed E-state index contributed by atoms with van der Waals surface area (Å²) in [5.41, 5.74) is 6.11. The van der Waals surface area contributed by atoms with Crippen molar-refractivity contribution in [3.05, 3.63) is 119 Å². The second-order valence-electron chi connectivity index (χ2n) is 8.75. The van der Waals surface area contributed by atoms with Crippen LogP contribution in [0.3, 0.4) is 0 Å². The summed E-state index contributed by atoms with van der Waals surface area (Å²) in [5.74, 6) is 1.66. The first-order valence-electron chi connectivity index (χ1n) is 12.7. The van der Waals surface area contributed by atoms with E-state index in [-0.39, 0.29) is 11.7 Å². The van der Waals surface area contributed by atoms with Gasteiger partial charge in [-0.25, -0.2) is 5.43 Å². The molecule has 5 aromatic rings. The first-order valence-corrected chi connectivity index (χ1v) is 14.0.